The highest BCUT2D eigenvalue weighted by atomic mass is 32.2. The summed E-state index contributed by atoms with van der Waals surface area (Å²) < 4.78 is 32.6. The van der Waals surface area contributed by atoms with Crippen LogP contribution in [0.15, 0.2) is 29.2 Å². The Morgan fingerprint density at radius 3 is 2.77 bits per heavy atom. The third-order valence-corrected chi connectivity index (χ3v) is 6.11. The summed E-state index contributed by atoms with van der Waals surface area (Å²) in [5.41, 5.74) is 0.418. The normalized spacial score (nSPS) is 22.9. The van der Waals surface area contributed by atoms with Gasteiger partial charge in [0.2, 0.25) is 10.0 Å². The van der Waals surface area contributed by atoms with Gasteiger partial charge in [0.25, 0.3) is 0 Å². The molecule has 1 aliphatic carbocycles. The number of benzene rings is 1. The minimum Gasteiger partial charge on any atom is -0.377 e. The van der Waals surface area contributed by atoms with Gasteiger partial charge in [-0.1, -0.05) is 12.1 Å². The van der Waals surface area contributed by atoms with E-state index in [2.05, 4.69) is 0 Å². The van der Waals surface area contributed by atoms with Crippen LogP contribution in [0.1, 0.15) is 36.5 Å². The summed E-state index contributed by atoms with van der Waals surface area (Å²) >= 11 is 0. The molecule has 0 amide bonds. The zero-order valence-electron chi connectivity index (χ0n) is 12.7. The Morgan fingerprint density at radius 2 is 2.09 bits per heavy atom. The Bertz CT molecular complexity index is 666. The fourth-order valence-electron chi connectivity index (χ4n) is 2.63. The minimum atomic E-state index is -3.55. The number of rotatable bonds is 6. The van der Waals surface area contributed by atoms with E-state index in [0.717, 1.165) is 13.0 Å². The molecule has 3 rings (SSSR count). The third-order valence-electron chi connectivity index (χ3n) is 4.25. The lowest BCUT2D eigenvalue weighted by atomic mass is 10.2. The zero-order valence-corrected chi connectivity index (χ0v) is 13.5. The van der Waals surface area contributed by atoms with Gasteiger partial charge in [0.15, 0.2) is 5.78 Å². The van der Waals surface area contributed by atoms with Crippen molar-refractivity contribution in [1.82, 2.24) is 4.31 Å². The zero-order chi connectivity index (χ0) is 15.7. The van der Waals surface area contributed by atoms with E-state index in [1.54, 1.807) is 18.2 Å². The standard InChI is InChI=1S/C16H21NO4S/c1-12(18)14-3-2-4-16(9-14)22(19,20)17-8-7-15(10-17)21-11-13-5-6-13/h2-4,9,13,15H,5-8,10-11H2,1H3. The molecule has 1 saturated heterocycles. The van der Waals surface area contributed by atoms with Gasteiger partial charge in [-0.3, -0.25) is 4.79 Å². The summed E-state index contributed by atoms with van der Waals surface area (Å²) in [5.74, 6) is 0.544. The van der Waals surface area contributed by atoms with Crippen LogP contribution in [0.5, 0.6) is 0 Å². The monoisotopic (exact) mass is 323 g/mol. The first kappa shape index (κ1) is 15.6. The second-order valence-corrected chi connectivity index (χ2v) is 8.07. The van der Waals surface area contributed by atoms with E-state index in [9.17, 15) is 13.2 Å². The fourth-order valence-corrected chi connectivity index (χ4v) is 4.17. The van der Waals surface area contributed by atoms with Gasteiger partial charge in [0, 0.05) is 25.3 Å². The lowest BCUT2D eigenvalue weighted by molar-refractivity contribution is 0.0561. The average Bonchev–Trinajstić information content (AvgIpc) is 3.21. The van der Waals surface area contributed by atoms with Gasteiger partial charge >= 0.3 is 0 Å². The van der Waals surface area contributed by atoms with Gasteiger partial charge in [0.05, 0.1) is 11.0 Å². The highest BCUT2D eigenvalue weighted by molar-refractivity contribution is 7.89. The first-order chi connectivity index (χ1) is 10.5. The van der Waals surface area contributed by atoms with Crippen molar-refractivity contribution in [3.8, 4) is 0 Å². The molecule has 0 bridgehead atoms. The predicted octanol–water partition coefficient (Wildman–Crippen LogP) is 2.08. The number of carbonyl (C=O) groups excluding carboxylic acids is 1. The summed E-state index contributed by atoms with van der Waals surface area (Å²) in [4.78, 5) is 11.6. The number of hydrogen-bond acceptors (Lipinski definition) is 4. The maximum absolute atomic E-state index is 12.7. The molecular formula is C16H21NO4S. The van der Waals surface area contributed by atoms with Crippen molar-refractivity contribution in [3.63, 3.8) is 0 Å². The molecule has 0 N–H and O–H groups in total. The average molecular weight is 323 g/mol. The third kappa shape index (κ3) is 3.39. The Morgan fingerprint density at radius 1 is 1.32 bits per heavy atom. The van der Waals surface area contributed by atoms with Crippen molar-refractivity contribution in [2.45, 2.75) is 37.2 Å². The van der Waals surface area contributed by atoms with Crippen LogP contribution in [0.25, 0.3) is 0 Å². The lowest BCUT2D eigenvalue weighted by Crippen LogP contribution is -2.30. The Labute approximate surface area is 131 Å². The molecule has 0 spiro atoms. The molecule has 5 nitrogen and oxygen atoms in total. The van der Waals surface area contributed by atoms with Crippen LogP contribution in [0.3, 0.4) is 0 Å². The van der Waals surface area contributed by atoms with E-state index >= 15 is 0 Å². The molecule has 1 aliphatic heterocycles. The largest absolute Gasteiger partial charge is 0.377 e. The second kappa shape index (κ2) is 6.10. The van der Waals surface area contributed by atoms with Crippen LogP contribution >= 0.6 is 0 Å². The Balaban J connectivity index is 1.70. The van der Waals surface area contributed by atoms with Crippen molar-refractivity contribution < 1.29 is 17.9 Å². The number of nitrogens with zero attached hydrogens (tertiary/aromatic N) is 1. The molecule has 0 radical (unpaired) electrons. The van der Waals surface area contributed by atoms with Gasteiger partial charge in [0.1, 0.15) is 0 Å². The Kier molecular flexibility index (Phi) is 4.34. The van der Waals surface area contributed by atoms with Crippen molar-refractivity contribution in [1.29, 1.82) is 0 Å². The number of ether oxygens (including phenoxy) is 1. The van der Waals surface area contributed by atoms with Crippen molar-refractivity contribution >= 4 is 15.8 Å². The molecule has 1 heterocycles. The molecule has 1 atom stereocenters. The van der Waals surface area contributed by atoms with Crippen molar-refractivity contribution in [3.05, 3.63) is 29.8 Å². The topological polar surface area (TPSA) is 63.7 Å². The lowest BCUT2D eigenvalue weighted by Gasteiger charge is -2.17. The van der Waals surface area contributed by atoms with E-state index in [4.69, 9.17) is 4.74 Å². The molecule has 1 aromatic rings. The molecule has 6 heteroatoms. The quantitative estimate of drug-likeness (QED) is 0.752. The number of hydrogen-bond donors (Lipinski definition) is 0. The molecular weight excluding hydrogens is 302 g/mol. The van der Waals surface area contributed by atoms with Crippen molar-refractivity contribution in [2.75, 3.05) is 19.7 Å². The van der Waals surface area contributed by atoms with Gasteiger partial charge in [-0.25, -0.2) is 8.42 Å². The summed E-state index contributed by atoms with van der Waals surface area (Å²) in [7, 11) is -3.55. The van der Waals surface area contributed by atoms with Gasteiger partial charge in [-0.05, 0) is 44.2 Å². The first-order valence-corrected chi connectivity index (χ1v) is 9.13. The van der Waals surface area contributed by atoms with E-state index < -0.39 is 10.0 Å². The minimum absolute atomic E-state index is 0.00800. The van der Waals surface area contributed by atoms with Crippen LogP contribution in [-0.2, 0) is 14.8 Å². The van der Waals surface area contributed by atoms with E-state index in [-0.39, 0.29) is 16.8 Å². The number of carbonyl (C=O) groups is 1. The van der Waals surface area contributed by atoms with E-state index in [1.807, 2.05) is 0 Å². The van der Waals surface area contributed by atoms with Gasteiger partial charge in [-0.15, -0.1) is 0 Å². The van der Waals surface area contributed by atoms with Gasteiger partial charge < -0.3 is 4.74 Å². The van der Waals surface area contributed by atoms with Crippen LogP contribution in [0, 0.1) is 5.92 Å². The number of sulfonamides is 1. The van der Waals surface area contributed by atoms with E-state index in [1.165, 1.54) is 30.1 Å². The smallest absolute Gasteiger partial charge is 0.243 e. The molecule has 120 valence electrons. The number of ketones is 1. The van der Waals surface area contributed by atoms with Crippen LogP contribution in [-0.4, -0.2) is 44.3 Å². The van der Waals surface area contributed by atoms with Crippen molar-refractivity contribution in [2.24, 2.45) is 5.92 Å². The highest BCUT2D eigenvalue weighted by Crippen LogP contribution is 2.30. The SMILES string of the molecule is CC(=O)c1cccc(S(=O)(=O)N2CCC(OCC3CC3)C2)c1. The highest BCUT2D eigenvalue weighted by Gasteiger charge is 2.34. The fraction of sp³-hybridized carbons (Fsp3) is 0.562. The molecule has 1 aromatic carbocycles. The molecule has 2 fully saturated rings. The summed E-state index contributed by atoms with van der Waals surface area (Å²) in [6.07, 6.45) is 3.18. The first-order valence-electron chi connectivity index (χ1n) is 7.69. The summed E-state index contributed by atoms with van der Waals surface area (Å²) in [6, 6.07) is 6.24. The summed E-state index contributed by atoms with van der Waals surface area (Å²) in [6.45, 7) is 3.06. The second-order valence-electron chi connectivity index (χ2n) is 6.13. The van der Waals surface area contributed by atoms with Crippen LogP contribution < -0.4 is 0 Å². The van der Waals surface area contributed by atoms with Crippen LogP contribution in [0.4, 0.5) is 0 Å². The summed E-state index contributed by atoms with van der Waals surface area (Å²) in [5, 5.41) is 0. The molecule has 22 heavy (non-hydrogen) atoms. The number of Topliss-reactive ketones (excluding diaryl/α,β-unsaturated/α-hetero) is 1. The van der Waals surface area contributed by atoms with Gasteiger partial charge in [-0.2, -0.15) is 4.31 Å². The molecule has 0 aromatic heterocycles. The molecule has 2 aliphatic rings. The van der Waals surface area contributed by atoms with Crippen LogP contribution in [0.2, 0.25) is 0 Å². The molecule has 1 unspecified atom stereocenters. The maximum atomic E-state index is 12.7. The molecule has 1 saturated carbocycles. The van der Waals surface area contributed by atoms with E-state index in [0.29, 0.717) is 24.6 Å². The predicted molar refractivity (Wildman–Crippen MR) is 82.3 cm³/mol. The Hall–Kier alpha value is -1.24. The maximum Gasteiger partial charge on any atom is 0.243 e.